The first-order chi connectivity index (χ1) is 6.48. The Balaban J connectivity index is 2.45. The highest BCUT2D eigenvalue weighted by molar-refractivity contribution is 5.36. The molecule has 2 rings (SSSR count). The predicted octanol–water partition coefficient (Wildman–Crippen LogP) is 2.97. The number of aryl methyl sites for hydroxylation is 1. The van der Waals surface area contributed by atoms with E-state index in [4.69, 9.17) is 5.73 Å². The summed E-state index contributed by atoms with van der Waals surface area (Å²) < 4.78 is 0. The molecule has 0 bridgehead atoms. The minimum atomic E-state index is 0.230. The van der Waals surface area contributed by atoms with Crippen molar-refractivity contribution in [1.29, 1.82) is 0 Å². The van der Waals surface area contributed by atoms with Crippen LogP contribution in [0.25, 0.3) is 0 Å². The zero-order valence-corrected chi connectivity index (χ0v) is 9.30. The Labute approximate surface area is 86.3 Å². The summed E-state index contributed by atoms with van der Waals surface area (Å²) in [4.78, 5) is 0. The van der Waals surface area contributed by atoms with E-state index in [1.807, 2.05) is 0 Å². The normalized spacial score (nSPS) is 24.4. The molecular formula is C13H19N. The maximum atomic E-state index is 6.19. The van der Waals surface area contributed by atoms with Crippen LogP contribution in [0.2, 0.25) is 0 Å². The van der Waals surface area contributed by atoms with E-state index in [1.54, 1.807) is 0 Å². The van der Waals surface area contributed by atoms with E-state index in [1.165, 1.54) is 16.7 Å². The van der Waals surface area contributed by atoms with E-state index in [0.29, 0.717) is 5.41 Å². The van der Waals surface area contributed by atoms with E-state index in [0.717, 1.165) is 12.8 Å². The number of rotatable bonds is 0. The van der Waals surface area contributed by atoms with Gasteiger partial charge in [-0.1, -0.05) is 37.6 Å². The third-order valence-electron chi connectivity index (χ3n) is 3.14. The lowest BCUT2D eigenvalue weighted by Gasteiger charge is -2.35. The number of nitrogens with two attached hydrogens (primary N) is 1. The van der Waals surface area contributed by atoms with Crippen LogP contribution >= 0.6 is 0 Å². The lowest BCUT2D eigenvalue weighted by atomic mass is 9.72. The van der Waals surface area contributed by atoms with Gasteiger partial charge in [0, 0.05) is 6.04 Å². The molecule has 0 saturated carbocycles. The van der Waals surface area contributed by atoms with Crippen molar-refractivity contribution in [2.45, 2.75) is 39.7 Å². The van der Waals surface area contributed by atoms with Crippen LogP contribution in [0.1, 0.15) is 43.0 Å². The molecular weight excluding hydrogens is 170 g/mol. The van der Waals surface area contributed by atoms with Gasteiger partial charge in [-0.05, 0) is 36.3 Å². The van der Waals surface area contributed by atoms with E-state index >= 15 is 0 Å². The van der Waals surface area contributed by atoms with Crippen LogP contribution < -0.4 is 5.73 Å². The molecule has 1 nitrogen and oxygen atoms in total. The molecule has 1 aliphatic rings. The zero-order valence-electron chi connectivity index (χ0n) is 9.30. The van der Waals surface area contributed by atoms with Gasteiger partial charge in [0.15, 0.2) is 0 Å². The van der Waals surface area contributed by atoms with Gasteiger partial charge in [0.2, 0.25) is 0 Å². The van der Waals surface area contributed by atoms with Crippen LogP contribution in [0, 0.1) is 12.3 Å². The summed E-state index contributed by atoms with van der Waals surface area (Å²) in [6, 6.07) is 6.90. The summed E-state index contributed by atoms with van der Waals surface area (Å²) >= 11 is 0. The molecule has 1 heteroatoms. The predicted molar refractivity (Wildman–Crippen MR) is 60.2 cm³/mol. The molecule has 0 amide bonds. The number of fused-ring (bicyclic) bond motifs is 1. The molecule has 0 radical (unpaired) electrons. The Bertz CT molecular complexity index is 352. The van der Waals surface area contributed by atoms with Crippen molar-refractivity contribution in [3.05, 3.63) is 34.9 Å². The quantitative estimate of drug-likeness (QED) is 0.667. The average molecular weight is 189 g/mol. The largest absolute Gasteiger partial charge is 0.324 e. The van der Waals surface area contributed by atoms with Gasteiger partial charge in [-0.15, -0.1) is 0 Å². The molecule has 0 aliphatic heterocycles. The topological polar surface area (TPSA) is 26.0 Å². The monoisotopic (exact) mass is 189 g/mol. The highest BCUT2D eigenvalue weighted by Gasteiger charge is 2.29. The SMILES string of the molecule is Cc1ccc2c(c1)[C@@H](N)CC(C)(C)C2. The van der Waals surface area contributed by atoms with E-state index in [2.05, 4.69) is 39.0 Å². The van der Waals surface area contributed by atoms with Crippen LogP contribution in [0.4, 0.5) is 0 Å². The molecule has 1 aliphatic carbocycles. The van der Waals surface area contributed by atoms with Crippen molar-refractivity contribution >= 4 is 0 Å². The van der Waals surface area contributed by atoms with Gasteiger partial charge < -0.3 is 5.73 Å². The molecule has 76 valence electrons. The second-order valence-electron chi connectivity index (χ2n) is 5.35. The number of hydrogen-bond donors (Lipinski definition) is 1. The maximum Gasteiger partial charge on any atom is 0.0302 e. The minimum Gasteiger partial charge on any atom is -0.324 e. The Morgan fingerprint density at radius 1 is 1.36 bits per heavy atom. The lowest BCUT2D eigenvalue weighted by Crippen LogP contribution is -2.29. The fraction of sp³-hybridized carbons (Fsp3) is 0.538. The van der Waals surface area contributed by atoms with Gasteiger partial charge in [0.05, 0.1) is 0 Å². The maximum absolute atomic E-state index is 6.19. The summed E-state index contributed by atoms with van der Waals surface area (Å²) in [6.07, 6.45) is 2.26. The van der Waals surface area contributed by atoms with Crippen molar-refractivity contribution in [2.24, 2.45) is 11.1 Å². The first kappa shape index (κ1) is 9.72. The van der Waals surface area contributed by atoms with Crippen molar-refractivity contribution in [2.75, 3.05) is 0 Å². The molecule has 1 atom stereocenters. The van der Waals surface area contributed by atoms with Crippen molar-refractivity contribution in [3.63, 3.8) is 0 Å². The average Bonchev–Trinajstić information content (AvgIpc) is 2.05. The van der Waals surface area contributed by atoms with Crippen LogP contribution in [0.15, 0.2) is 18.2 Å². The molecule has 0 unspecified atom stereocenters. The van der Waals surface area contributed by atoms with E-state index < -0.39 is 0 Å². The third kappa shape index (κ3) is 1.69. The minimum absolute atomic E-state index is 0.230. The standard InChI is InChI=1S/C13H19N/c1-9-4-5-10-7-13(2,3)8-12(14)11(10)6-9/h4-6,12H,7-8,14H2,1-3H3/t12-/m0/s1. The van der Waals surface area contributed by atoms with Crippen LogP contribution in [0.3, 0.4) is 0 Å². The van der Waals surface area contributed by atoms with Crippen LogP contribution in [-0.4, -0.2) is 0 Å². The molecule has 2 N–H and O–H groups in total. The van der Waals surface area contributed by atoms with Gasteiger partial charge in [-0.25, -0.2) is 0 Å². The molecule has 1 aromatic carbocycles. The van der Waals surface area contributed by atoms with E-state index in [-0.39, 0.29) is 6.04 Å². The smallest absolute Gasteiger partial charge is 0.0302 e. The summed E-state index contributed by atoms with van der Waals surface area (Å²) in [7, 11) is 0. The van der Waals surface area contributed by atoms with E-state index in [9.17, 15) is 0 Å². The Hall–Kier alpha value is -0.820. The molecule has 0 aromatic heterocycles. The molecule has 0 fully saturated rings. The van der Waals surface area contributed by atoms with Crippen molar-refractivity contribution in [1.82, 2.24) is 0 Å². The van der Waals surface area contributed by atoms with Crippen molar-refractivity contribution in [3.8, 4) is 0 Å². The molecule has 0 spiro atoms. The zero-order chi connectivity index (χ0) is 10.3. The first-order valence-corrected chi connectivity index (χ1v) is 5.33. The van der Waals surface area contributed by atoms with Crippen LogP contribution in [0.5, 0.6) is 0 Å². The summed E-state index contributed by atoms with van der Waals surface area (Å²) in [5.41, 5.74) is 10.7. The van der Waals surface area contributed by atoms with Gasteiger partial charge in [-0.3, -0.25) is 0 Å². The van der Waals surface area contributed by atoms with Crippen molar-refractivity contribution < 1.29 is 0 Å². The van der Waals surface area contributed by atoms with Gasteiger partial charge in [-0.2, -0.15) is 0 Å². The Morgan fingerprint density at radius 3 is 2.79 bits per heavy atom. The fourth-order valence-electron chi connectivity index (χ4n) is 2.51. The van der Waals surface area contributed by atoms with Gasteiger partial charge in [0.25, 0.3) is 0 Å². The highest BCUT2D eigenvalue weighted by Crippen LogP contribution is 2.39. The lowest BCUT2D eigenvalue weighted by molar-refractivity contribution is 0.283. The summed E-state index contributed by atoms with van der Waals surface area (Å²) in [6.45, 7) is 6.73. The number of benzene rings is 1. The molecule has 0 saturated heterocycles. The molecule has 1 aromatic rings. The third-order valence-corrected chi connectivity index (χ3v) is 3.14. The van der Waals surface area contributed by atoms with Gasteiger partial charge in [0.1, 0.15) is 0 Å². The summed E-state index contributed by atoms with van der Waals surface area (Å²) in [5.74, 6) is 0. The van der Waals surface area contributed by atoms with Gasteiger partial charge >= 0.3 is 0 Å². The Kier molecular flexibility index (Phi) is 2.15. The fourth-order valence-corrected chi connectivity index (χ4v) is 2.51. The Morgan fingerprint density at radius 2 is 2.07 bits per heavy atom. The number of hydrogen-bond acceptors (Lipinski definition) is 1. The second-order valence-corrected chi connectivity index (χ2v) is 5.35. The van der Waals surface area contributed by atoms with Crippen LogP contribution in [-0.2, 0) is 6.42 Å². The molecule has 0 heterocycles. The highest BCUT2D eigenvalue weighted by atomic mass is 14.7. The summed E-state index contributed by atoms with van der Waals surface area (Å²) in [5, 5.41) is 0. The second kappa shape index (κ2) is 3.09. The first-order valence-electron chi connectivity index (χ1n) is 5.33. The molecule has 14 heavy (non-hydrogen) atoms.